The lowest BCUT2D eigenvalue weighted by Gasteiger charge is -2.24. The maximum absolute atomic E-state index is 13.0. The van der Waals surface area contributed by atoms with Crippen LogP contribution in [0.15, 0.2) is 36.4 Å². The van der Waals surface area contributed by atoms with Crippen molar-refractivity contribution in [3.05, 3.63) is 47.5 Å². The molecule has 2 aromatic carbocycles. The average Bonchev–Trinajstić information content (AvgIpc) is 2.53. The molecule has 0 heterocycles. The summed E-state index contributed by atoms with van der Waals surface area (Å²) in [6.07, 6.45) is -0.640. The van der Waals surface area contributed by atoms with Crippen molar-refractivity contribution < 1.29 is 9.90 Å². The summed E-state index contributed by atoms with van der Waals surface area (Å²) in [7, 11) is 0. The van der Waals surface area contributed by atoms with Gasteiger partial charge in [-0.2, -0.15) is 0 Å². The molecule has 0 fully saturated rings. The summed E-state index contributed by atoms with van der Waals surface area (Å²) in [4.78, 5) is 14.8. The maximum atomic E-state index is 13.0. The van der Waals surface area contributed by atoms with Gasteiger partial charge in [0.15, 0.2) is 0 Å². The van der Waals surface area contributed by atoms with Crippen molar-refractivity contribution >= 4 is 16.7 Å². The summed E-state index contributed by atoms with van der Waals surface area (Å²) in [5.74, 6) is 0.0564. The van der Waals surface area contributed by atoms with Crippen LogP contribution in [0.25, 0.3) is 10.8 Å². The summed E-state index contributed by atoms with van der Waals surface area (Å²) in [6.45, 7) is 9.21. The molecule has 0 spiro atoms. The van der Waals surface area contributed by atoms with Gasteiger partial charge in [-0.15, -0.1) is 0 Å². The second-order valence-electron chi connectivity index (χ2n) is 5.92. The van der Waals surface area contributed by atoms with E-state index >= 15 is 0 Å². The molecule has 0 radical (unpaired) electrons. The number of aliphatic hydroxyl groups is 1. The summed E-state index contributed by atoms with van der Waals surface area (Å²) < 4.78 is 0. The molecule has 0 aromatic heterocycles. The van der Waals surface area contributed by atoms with Crippen molar-refractivity contribution in [1.82, 2.24) is 4.90 Å². The molecule has 0 aliphatic rings. The Hall–Kier alpha value is -1.87. The maximum Gasteiger partial charge on any atom is 0.254 e. The van der Waals surface area contributed by atoms with Crippen LogP contribution in [0.2, 0.25) is 0 Å². The smallest absolute Gasteiger partial charge is 0.254 e. The zero-order chi connectivity index (χ0) is 16.3. The Labute approximate surface area is 132 Å². The SMILES string of the molecule is CCN(CC)C(=O)c1c([C@H](O)C(C)C)ccc2ccccc12. The van der Waals surface area contributed by atoms with Gasteiger partial charge in [-0.05, 0) is 36.1 Å². The topological polar surface area (TPSA) is 40.5 Å². The summed E-state index contributed by atoms with van der Waals surface area (Å²) in [5.41, 5.74) is 1.37. The molecule has 0 saturated carbocycles. The van der Waals surface area contributed by atoms with Crippen LogP contribution < -0.4 is 0 Å². The van der Waals surface area contributed by atoms with Crippen molar-refractivity contribution in [2.24, 2.45) is 5.92 Å². The molecule has 2 aromatic rings. The van der Waals surface area contributed by atoms with Crippen LogP contribution in [0.1, 0.15) is 49.7 Å². The van der Waals surface area contributed by atoms with Crippen molar-refractivity contribution in [3.63, 3.8) is 0 Å². The van der Waals surface area contributed by atoms with Crippen LogP contribution in [-0.2, 0) is 0 Å². The van der Waals surface area contributed by atoms with Gasteiger partial charge in [-0.1, -0.05) is 50.2 Å². The van der Waals surface area contributed by atoms with E-state index < -0.39 is 6.10 Å². The van der Waals surface area contributed by atoms with Gasteiger partial charge in [0.25, 0.3) is 5.91 Å². The van der Waals surface area contributed by atoms with Crippen LogP contribution >= 0.6 is 0 Å². The number of rotatable bonds is 5. The van der Waals surface area contributed by atoms with Gasteiger partial charge < -0.3 is 10.0 Å². The van der Waals surface area contributed by atoms with Gasteiger partial charge >= 0.3 is 0 Å². The fraction of sp³-hybridized carbons (Fsp3) is 0.421. The molecular weight excluding hydrogens is 274 g/mol. The van der Waals surface area contributed by atoms with E-state index in [9.17, 15) is 9.90 Å². The lowest BCUT2D eigenvalue weighted by atomic mass is 9.90. The highest BCUT2D eigenvalue weighted by molar-refractivity contribution is 6.08. The Balaban J connectivity index is 2.70. The zero-order valence-corrected chi connectivity index (χ0v) is 13.8. The predicted molar refractivity (Wildman–Crippen MR) is 91.0 cm³/mol. The van der Waals surface area contributed by atoms with Gasteiger partial charge in [-0.3, -0.25) is 4.79 Å². The molecule has 3 heteroatoms. The average molecular weight is 299 g/mol. The van der Waals surface area contributed by atoms with Crippen LogP contribution in [0.3, 0.4) is 0 Å². The third kappa shape index (κ3) is 3.00. The predicted octanol–water partition coefficient (Wildman–Crippen LogP) is 4.01. The number of amides is 1. The third-order valence-electron chi connectivity index (χ3n) is 4.18. The molecule has 0 bridgehead atoms. The van der Waals surface area contributed by atoms with Crippen molar-refractivity contribution in [3.8, 4) is 0 Å². The Morgan fingerprint density at radius 2 is 1.73 bits per heavy atom. The molecule has 22 heavy (non-hydrogen) atoms. The Kier molecular flexibility index (Phi) is 5.19. The zero-order valence-electron chi connectivity index (χ0n) is 13.8. The molecule has 0 aliphatic carbocycles. The minimum Gasteiger partial charge on any atom is -0.388 e. The molecule has 1 amide bonds. The van der Waals surface area contributed by atoms with Crippen molar-refractivity contribution in [2.45, 2.75) is 33.8 Å². The summed E-state index contributed by atoms with van der Waals surface area (Å²) in [5, 5.41) is 12.5. The minimum absolute atomic E-state index is 0.00324. The van der Waals surface area contributed by atoms with Crippen LogP contribution in [0.5, 0.6) is 0 Å². The van der Waals surface area contributed by atoms with E-state index in [4.69, 9.17) is 0 Å². The van der Waals surface area contributed by atoms with Crippen LogP contribution in [-0.4, -0.2) is 29.0 Å². The monoisotopic (exact) mass is 299 g/mol. The lowest BCUT2D eigenvalue weighted by Crippen LogP contribution is -2.32. The third-order valence-corrected chi connectivity index (χ3v) is 4.18. The summed E-state index contributed by atoms with van der Waals surface area (Å²) in [6, 6.07) is 11.7. The first kappa shape index (κ1) is 16.5. The number of nitrogens with zero attached hydrogens (tertiary/aromatic N) is 1. The minimum atomic E-state index is -0.640. The van der Waals surface area contributed by atoms with E-state index in [1.54, 1.807) is 4.90 Å². The van der Waals surface area contributed by atoms with Gasteiger partial charge in [-0.25, -0.2) is 0 Å². The Morgan fingerprint density at radius 1 is 1.09 bits per heavy atom. The second kappa shape index (κ2) is 6.93. The number of carbonyl (C=O) groups is 1. The number of hydrogen-bond donors (Lipinski definition) is 1. The van der Waals surface area contributed by atoms with E-state index in [0.29, 0.717) is 18.7 Å². The highest BCUT2D eigenvalue weighted by Crippen LogP contribution is 2.31. The highest BCUT2D eigenvalue weighted by atomic mass is 16.3. The second-order valence-corrected chi connectivity index (χ2v) is 5.92. The van der Waals surface area contributed by atoms with Crippen molar-refractivity contribution in [1.29, 1.82) is 0 Å². The largest absolute Gasteiger partial charge is 0.388 e. The molecule has 3 nitrogen and oxygen atoms in total. The number of hydrogen-bond acceptors (Lipinski definition) is 2. The highest BCUT2D eigenvalue weighted by Gasteiger charge is 2.24. The van der Waals surface area contributed by atoms with E-state index in [2.05, 4.69) is 0 Å². The van der Waals surface area contributed by atoms with Gasteiger partial charge in [0.1, 0.15) is 0 Å². The van der Waals surface area contributed by atoms with Crippen LogP contribution in [0.4, 0.5) is 0 Å². The molecule has 1 atom stereocenters. The number of benzene rings is 2. The number of carbonyl (C=O) groups excluding carboxylic acids is 1. The molecule has 0 aliphatic heterocycles. The fourth-order valence-corrected chi connectivity index (χ4v) is 2.80. The molecular formula is C19H25NO2. The van der Waals surface area contributed by atoms with Gasteiger partial charge in [0, 0.05) is 13.1 Å². The van der Waals surface area contributed by atoms with E-state index in [1.165, 1.54) is 0 Å². The Bertz CT molecular complexity index is 660. The van der Waals surface area contributed by atoms with Crippen LogP contribution in [0, 0.1) is 5.92 Å². The molecule has 1 N–H and O–H groups in total. The molecule has 118 valence electrons. The molecule has 0 unspecified atom stereocenters. The molecule has 2 rings (SSSR count). The summed E-state index contributed by atoms with van der Waals surface area (Å²) >= 11 is 0. The van der Waals surface area contributed by atoms with E-state index in [0.717, 1.165) is 16.3 Å². The van der Waals surface area contributed by atoms with E-state index in [1.807, 2.05) is 64.1 Å². The first-order chi connectivity index (χ1) is 10.5. The first-order valence-corrected chi connectivity index (χ1v) is 8.00. The van der Waals surface area contributed by atoms with Crippen molar-refractivity contribution in [2.75, 3.05) is 13.1 Å². The van der Waals surface area contributed by atoms with Gasteiger partial charge in [0.2, 0.25) is 0 Å². The lowest BCUT2D eigenvalue weighted by molar-refractivity contribution is 0.0760. The first-order valence-electron chi connectivity index (χ1n) is 8.00. The fourth-order valence-electron chi connectivity index (χ4n) is 2.80. The number of fused-ring (bicyclic) bond motifs is 1. The van der Waals surface area contributed by atoms with Gasteiger partial charge in [0.05, 0.1) is 11.7 Å². The standard InChI is InChI=1S/C19H25NO2/c1-5-20(6-2)19(22)17-15-10-8-7-9-14(15)11-12-16(17)18(21)13(3)4/h7-13,18,21H,5-6H2,1-4H3/t18-/m1/s1. The quantitative estimate of drug-likeness (QED) is 0.906. The Morgan fingerprint density at radius 3 is 2.32 bits per heavy atom. The molecule has 0 saturated heterocycles. The number of aliphatic hydroxyl groups excluding tert-OH is 1. The normalized spacial score (nSPS) is 12.6. The van der Waals surface area contributed by atoms with E-state index in [-0.39, 0.29) is 11.8 Å².